The van der Waals surface area contributed by atoms with Crippen LogP contribution >= 0.6 is 0 Å². The summed E-state index contributed by atoms with van der Waals surface area (Å²) in [5.74, 6) is 2.93. The molecular formula is C21H25NO2. The SMILES string of the molecule is Oc1ccc(CCN2C[C@H]3CC(Oc4ccccc4)C[C@H]3C2)cc1. The minimum absolute atomic E-state index is 0.346. The van der Waals surface area contributed by atoms with Crippen LogP contribution in [0.1, 0.15) is 18.4 Å². The molecule has 1 aliphatic heterocycles. The van der Waals surface area contributed by atoms with Crippen LogP contribution in [0.5, 0.6) is 11.5 Å². The second-order valence-corrected chi connectivity index (χ2v) is 7.22. The van der Waals surface area contributed by atoms with Crippen molar-refractivity contribution in [1.82, 2.24) is 4.90 Å². The van der Waals surface area contributed by atoms with E-state index in [1.54, 1.807) is 12.1 Å². The molecule has 126 valence electrons. The Labute approximate surface area is 143 Å². The molecule has 3 heteroatoms. The normalized spacial score (nSPS) is 26.4. The summed E-state index contributed by atoms with van der Waals surface area (Å²) in [5.41, 5.74) is 1.30. The molecule has 3 nitrogen and oxygen atoms in total. The number of hydrogen-bond donors (Lipinski definition) is 1. The third-order valence-electron chi connectivity index (χ3n) is 5.48. The highest BCUT2D eigenvalue weighted by Gasteiger charge is 2.41. The Bertz CT molecular complexity index is 641. The van der Waals surface area contributed by atoms with Crippen molar-refractivity contribution in [1.29, 1.82) is 0 Å². The van der Waals surface area contributed by atoms with Crippen LogP contribution in [0.3, 0.4) is 0 Å². The van der Waals surface area contributed by atoms with Gasteiger partial charge in [0.2, 0.25) is 0 Å². The minimum Gasteiger partial charge on any atom is -0.508 e. The van der Waals surface area contributed by atoms with Gasteiger partial charge in [0, 0.05) is 19.6 Å². The topological polar surface area (TPSA) is 32.7 Å². The zero-order valence-corrected chi connectivity index (χ0v) is 14.0. The zero-order chi connectivity index (χ0) is 16.4. The number of rotatable bonds is 5. The molecule has 2 aliphatic rings. The van der Waals surface area contributed by atoms with Crippen molar-refractivity contribution in [2.45, 2.75) is 25.4 Å². The van der Waals surface area contributed by atoms with Crippen LogP contribution in [0.2, 0.25) is 0 Å². The molecular weight excluding hydrogens is 298 g/mol. The first-order chi connectivity index (χ1) is 11.8. The first-order valence-corrected chi connectivity index (χ1v) is 8.98. The van der Waals surface area contributed by atoms with E-state index in [-0.39, 0.29) is 0 Å². The van der Waals surface area contributed by atoms with E-state index in [0.29, 0.717) is 11.9 Å². The lowest BCUT2D eigenvalue weighted by Crippen LogP contribution is -2.26. The van der Waals surface area contributed by atoms with Crippen LogP contribution in [0.15, 0.2) is 54.6 Å². The number of aromatic hydroxyl groups is 1. The van der Waals surface area contributed by atoms with Crippen molar-refractivity contribution in [3.63, 3.8) is 0 Å². The van der Waals surface area contributed by atoms with Gasteiger partial charge < -0.3 is 14.7 Å². The summed E-state index contributed by atoms with van der Waals surface area (Å²) in [6.45, 7) is 3.52. The van der Waals surface area contributed by atoms with E-state index in [9.17, 15) is 5.11 Å². The Morgan fingerprint density at radius 2 is 1.58 bits per heavy atom. The number of para-hydroxylation sites is 1. The molecule has 2 aromatic rings. The van der Waals surface area contributed by atoms with Crippen LogP contribution in [0.4, 0.5) is 0 Å². The Balaban J connectivity index is 1.25. The van der Waals surface area contributed by atoms with E-state index in [2.05, 4.69) is 17.0 Å². The number of phenolic OH excluding ortho intramolecular Hbond substituents is 1. The van der Waals surface area contributed by atoms with Gasteiger partial charge >= 0.3 is 0 Å². The maximum Gasteiger partial charge on any atom is 0.119 e. The van der Waals surface area contributed by atoms with Crippen molar-refractivity contribution in [2.24, 2.45) is 11.8 Å². The lowest BCUT2D eigenvalue weighted by atomic mass is 10.0. The number of hydrogen-bond acceptors (Lipinski definition) is 3. The molecule has 1 heterocycles. The molecule has 2 fully saturated rings. The molecule has 0 bridgehead atoms. The molecule has 0 spiro atoms. The van der Waals surface area contributed by atoms with Gasteiger partial charge in [-0.25, -0.2) is 0 Å². The quantitative estimate of drug-likeness (QED) is 0.910. The molecule has 1 unspecified atom stereocenters. The first-order valence-electron chi connectivity index (χ1n) is 8.98. The highest BCUT2D eigenvalue weighted by Crippen LogP contribution is 2.39. The van der Waals surface area contributed by atoms with Crippen molar-refractivity contribution in [2.75, 3.05) is 19.6 Å². The van der Waals surface area contributed by atoms with Crippen LogP contribution in [0.25, 0.3) is 0 Å². The van der Waals surface area contributed by atoms with Crippen LogP contribution in [0, 0.1) is 11.8 Å². The van der Waals surface area contributed by atoms with Gasteiger partial charge in [0.15, 0.2) is 0 Å². The summed E-state index contributed by atoms with van der Waals surface area (Å²) < 4.78 is 6.15. The molecule has 2 aromatic carbocycles. The van der Waals surface area contributed by atoms with Gasteiger partial charge in [0.25, 0.3) is 0 Å². The molecule has 4 rings (SSSR count). The number of benzene rings is 2. The van der Waals surface area contributed by atoms with Crippen LogP contribution < -0.4 is 4.74 Å². The Morgan fingerprint density at radius 3 is 2.25 bits per heavy atom. The monoisotopic (exact) mass is 323 g/mol. The van der Waals surface area contributed by atoms with Gasteiger partial charge in [0.1, 0.15) is 11.5 Å². The molecule has 1 N–H and O–H groups in total. The lowest BCUT2D eigenvalue weighted by Gasteiger charge is -2.19. The summed E-state index contributed by atoms with van der Waals surface area (Å²) in [6.07, 6.45) is 3.83. The summed E-state index contributed by atoms with van der Waals surface area (Å²) >= 11 is 0. The maximum atomic E-state index is 9.35. The van der Waals surface area contributed by atoms with E-state index < -0.39 is 0 Å². The molecule has 1 saturated heterocycles. The Morgan fingerprint density at radius 1 is 0.917 bits per heavy atom. The molecule has 1 aliphatic carbocycles. The number of fused-ring (bicyclic) bond motifs is 1. The van der Waals surface area contributed by atoms with E-state index in [1.807, 2.05) is 30.3 Å². The second kappa shape index (κ2) is 6.86. The fraction of sp³-hybridized carbons (Fsp3) is 0.429. The zero-order valence-electron chi connectivity index (χ0n) is 14.0. The van der Waals surface area contributed by atoms with E-state index in [1.165, 1.54) is 31.5 Å². The first kappa shape index (κ1) is 15.5. The van der Waals surface area contributed by atoms with Gasteiger partial charge in [0.05, 0.1) is 6.10 Å². The highest BCUT2D eigenvalue weighted by atomic mass is 16.5. The fourth-order valence-electron chi connectivity index (χ4n) is 4.26. The van der Waals surface area contributed by atoms with Crippen molar-refractivity contribution in [3.8, 4) is 11.5 Å². The molecule has 3 atom stereocenters. The number of ether oxygens (including phenoxy) is 1. The van der Waals surface area contributed by atoms with Crippen molar-refractivity contribution in [3.05, 3.63) is 60.2 Å². The van der Waals surface area contributed by atoms with Gasteiger partial charge in [-0.1, -0.05) is 30.3 Å². The molecule has 1 saturated carbocycles. The average molecular weight is 323 g/mol. The van der Waals surface area contributed by atoms with Crippen molar-refractivity contribution < 1.29 is 9.84 Å². The van der Waals surface area contributed by atoms with Gasteiger partial charge in [-0.3, -0.25) is 0 Å². The van der Waals surface area contributed by atoms with E-state index >= 15 is 0 Å². The maximum absolute atomic E-state index is 9.35. The lowest BCUT2D eigenvalue weighted by molar-refractivity contribution is 0.186. The van der Waals surface area contributed by atoms with Gasteiger partial charge in [-0.05, 0) is 60.9 Å². The Hall–Kier alpha value is -2.00. The molecule has 24 heavy (non-hydrogen) atoms. The predicted molar refractivity (Wildman–Crippen MR) is 95.3 cm³/mol. The summed E-state index contributed by atoms with van der Waals surface area (Å²) in [5, 5.41) is 9.35. The third kappa shape index (κ3) is 3.57. The highest BCUT2D eigenvalue weighted by molar-refractivity contribution is 5.26. The van der Waals surface area contributed by atoms with Crippen LogP contribution in [-0.2, 0) is 6.42 Å². The average Bonchev–Trinajstić information content (AvgIpc) is 3.13. The standard InChI is InChI=1S/C21H25NO2/c23-19-8-6-16(7-9-19)10-11-22-14-17-12-21(13-18(17)15-22)24-20-4-2-1-3-5-20/h1-9,17-18,21,23H,10-15H2/t17-,18+,21?. The minimum atomic E-state index is 0.346. The van der Waals surface area contributed by atoms with Gasteiger partial charge in [-0.15, -0.1) is 0 Å². The summed E-state index contributed by atoms with van der Waals surface area (Å²) in [6, 6.07) is 17.8. The molecule has 0 amide bonds. The number of likely N-dealkylation sites (tertiary alicyclic amines) is 1. The Kier molecular flexibility index (Phi) is 4.44. The second-order valence-electron chi connectivity index (χ2n) is 7.22. The van der Waals surface area contributed by atoms with Crippen molar-refractivity contribution >= 4 is 0 Å². The van der Waals surface area contributed by atoms with Crippen LogP contribution in [-0.4, -0.2) is 35.7 Å². The fourth-order valence-corrected chi connectivity index (χ4v) is 4.26. The molecule has 0 aromatic heterocycles. The van der Waals surface area contributed by atoms with Gasteiger partial charge in [-0.2, -0.15) is 0 Å². The third-order valence-corrected chi connectivity index (χ3v) is 5.48. The molecule has 0 radical (unpaired) electrons. The predicted octanol–water partition coefficient (Wildman–Crippen LogP) is 3.72. The smallest absolute Gasteiger partial charge is 0.119 e. The summed E-state index contributed by atoms with van der Waals surface area (Å²) in [7, 11) is 0. The summed E-state index contributed by atoms with van der Waals surface area (Å²) in [4.78, 5) is 2.60. The van der Waals surface area contributed by atoms with E-state index in [0.717, 1.165) is 30.6 Å². The number of nitrogens with zero attached hydrogens (tertiary/aromatic N) is 1. The largest absolute Gasteiger partial charge is 0.508 e. The van der Waals surface area contributed by atoms with E-state index in [4.69, 9.17) is 4.74 Å². The number of phenols is 1.